The maximum atomic E-state index is 12.0. The summed E-state index contributed by atoms with van der Waals surface area (Å²) in [6.07, 6.45) is 2.08. The molecule has 7 nitrogen and oxygen atoms in total. The van der Waals surface area contributed by atoms with E-state index in [9.17, 15) is 16.8 Å². The molecule has 0 bridgehead atoms. The van der Waals surface area contributed by atoms with Crippen molar-refractivity contribution in [3.05, 3.63) is 23.8 Å². The molecule has 0 aliphatic rings. The van der Waals surface area contributed by atoms with Gasteiger partial charge in [-0.15, -0.1) is 0 Å². The minimum atomic E-state index is -3.57. The molecular formula is C12H20N2O5S2. The lowest BCUT2D eigenvalue weighted by atomic mass is 10.2. The second-order valence-corrected chi connectivity index (χ2v) is 8.42. The average molecular weight is 336 g/mol. The first-order valence-corrected chi connectivity index (χ1v) is 9.85. The molecule has 0 radical (unpaired) electrons. The third-order valence-corrected chi connectivity index (χ3v) is 4.59. The molecule has 0 amide bonds. The molecule has 1 aromatic rings. The summed E-state index contributed by atoms with van der Waals surface area (Å²) in [7, 11) is -5.49. The number of sulfonamides is 2. The molecule has 1 N–H and O–H groups in total. The van der Waals surface area contributed by atoms with Gasteiger partial charge in [-0.2, -0.15) is 0 Å². The van der Waals surface area contributed by atoms with E-state index in [4.69, 9.17) is 4.74 Å². The van der Waals surface area contributed by atoms with Gasteiger partial charge < -0.3 is 4.74 Å². The predicted molar refractivity (Wildman–Crippen MR) is 82.8 cm³/mol. The molecular weight excluding hydrogens is 316 g/mol. The molecule has 0 saturated carbocycles. The Morgan fingerprint density at radius 1 is 1.19 bits per heavy atom. The van der Waals surface area contributed by atoms with Gasteiger partial charge in [-0.05, 0) is 24.6 Å². The Balaban J connectivity index is 3.12. The summed E-state index contributed by atoms with van der Waals surface area (Å²) in [5.41, 5.74) is 1.26. The first kappa shape index (κ1) is 17.7. The third-order valence-electron chi connectivity index (χ3n) is 2.68. The van der Waals surface area contributed by atoms with Crippen molar-refractivity contribution in [2.24, 2.45) is 0 Å². The van der Waals surface area contributed by atoms with Gasteiger partial charge in [-0.1, -0.05) is 6.07 Å². The van der Waals surface area contributed by atoms with E-state index in [1.54, 1.807) is 18.2 Å². The lowest BCUT2D eigenvalue weighted by molar-refractivity contribution is 0.415. The lowest BCUT2D eigenvalue weighted by Crippen LogP contribution is -2.38. The zero-order chi connectivity index (χ0) is 16.3. The SMILES string of the molecule is COc1ccc(C)cc1N(CCNS(C)(=O)=O)S(C)(=O)=O. The van der Waals surface area contributed by atoms with E-state index in [1.165, 1.54) is 7.11 Å². The normalized spacial score (nSPS) is 12.2. The quantitative estimate of drug-likeness (QED) is 0.774. The smallest absolute Gasteiger partial charge is 0.232 e. The van der Waals surface area contributed by atoms with Crippen molar-refractivity contribution < 1.29 is 21.6 Å². The summed E-state index contributed by atoms with van der Waals surface area (Å²) in [4.78, 5) is 0. The monoisotopic (exact) mass is 336 g/mol. The molecule has 0 saturated heterocycles. The molecule has 21 heavy (non-hydrogen) atoms. The zero-order valence-electron chi connectivity index (χ0n) is 12.5. The Morgan fingerprint density at radius 3 is 2.29 bits per heavy atom. The van der Waals surface area contributed by atoms with Gasteiger partial charge in [-0.25, -0.2) is 21.6 Å². The van der Waals surface area contributed by atoms with Crippen molar-refractivity contribution in [3.8, 4) is 5.75 Å². The average Bonchev–Trinajstić information content (AvgIpc) is 2.32. The Bertz CT molecular complexity index is 698. The number of hydrogen-bond donors (Lipinski definition) is 1. The molecule has 0 aromatic heterocycles. The largest absolute Gasteiger partial charge is 0.495 e. The fourth-order valence-corrected chi connectivity index (χ4v) is 3.18. The van der Waals surface area contributed by atoms with E-state index >= 15 is 0 Å². The minimum Gasteiger partial charge on any atom is -0.495 e. The van der Waals surface area contributed by atoms with Crippen LogP contribution in [0.1, 0.15) is 5.56 Å². The van der Waals surface area contributed by atoms with Gasteiger partial charge in [0.05, 0.1) is 25.3 Å². The number of anilines is 1. The van der Waals surface area contributed by atoms with Crippen molar-refractivity contribution in [1.29, 1.82) is 0 Å². The molecule has 0 unspecified atom stereocenters. The summed E-state index contributed by atoms with van der Waals surface area (Å²) < 4.78 is 54.6. The maximum Gasteiger partial charge on any atom is 0.232 e. The van der Waals surface area contributed by atoms with Gasteiger partial charge >= 0.3 is 0 Å². The van der Waals surface area contributed by atoms with Gasteiger partial charge in [0.1, 0.15) is 5.75 Å². The highest BCUT2D eigenvalue weighted by Gasteiger charge is 2.21. The van der Waals surface area contributed by atoms with Crippen LogP contribution < -0.4 is 13.8 Å². The molecule has 0 aliphatic heterocycles. The van der Waals surface area contributed by atoms with E-state index in [0.29, 0.717) is 11.4 Å². The number of hydrogen-bond acceptors (Lipinski definition) is 5. The summed E-state index contributed by atoms with van der Waals surface area (Å²) >= 11 is 0. The van der Waals surface area contributed by atoms with E-state index in [0.717, 1.165) is 22.4 Å². The first-order valence-electron chi connectivity index (χ1n) is 6.11. The summed E-state index contributed by atoms with van der Waals surface area (Å²) in [5, 5.41) is 0. The highest BCUT2D eigenvalue weighted by Crippen LogP contribution is 2.30. The molecule has 1 rings (SSSR count). The number of aryl methyl sites for hydroxylation is 1. The van der Waals surface area contributed by atoms with Crippen molar-refractivity contribution in [1.82, 2.24) is 4.72 Å². The van der Waals surface area contributed by atoms with Gasteiger partial charge in [0.25, 0.3) is 0 Å². The van der Waals surface area contributed by atoms with Crippen LogP contribution in [-0.2, 0) is 20.0 Å². The Labute approximate surface area is 126 Å². The lowest BCUT2D eigenvalue weighted by Gasteiger charge is -2.24. The Kier molecular flexibility index (Phi) is 5.60. The van der Waals surface area contributed by atoms with Gasteiger partial charge in [-0.3, -0.25) is 4.31 Å². The summed E-state index contributed by atoms with van der Waals surface area (Å²) in [6, 6.07) is 5.16. The molecule has 1 aromatic carbocycles. The second-order valence-electron chi connectivity index (χ2n) is 4.68. The van der Waals surface area contributed by atoms with Crippen molar-refractivity contribution in [3.63, 3.8) is 0 Å². The topological polar surface area (TPSA) is 92.8 Å². The van der Waals surface area contributed by atoms with E-state index in [1.807, 2.05) is 6.92 Å². The van der Waals surface area contributed by atoms with Crippen LogP contribution in [-0.4, -0.2) is 49.5 Å². The number of nitrogens with one attached hydrogen (secondary N) is 1. The predicted octanol–water partition coefficient (Wildman–Crippen LogP) is 0.319. The summed E-state index contributed by atoms with van der Waals surface area (Å²) in [6.45, 7) is 1.78. The fourth-order valence-electron chi connectivity index (χ4n) is 1.79. The van der Waals surface area contributed by atoms with E-state index < -0.39 is 20.0 Å². The molecule has 0 atom stereocenters. The van der Waals surface area contributed by atoms with Gasteiger partial charge in [0.2, 0.25) is 20.0 Å². The zero-order valence-corrected chi connectivity index (χ0v) is 14.1. The number of rotatable bonds is 7. The Hall–Kier alpha value is -1.32. The Morgan fingerprint density at radius 2 is 1.81 bits per heavy atom. The number of ether oxygens (including phenoxy) is 1. The molecule has 0 aliphatic carbocycles. The third kappa shape index (κ3) is 5.52. The van der Waals surface area contributed by atoms with Crippen LogP contribution in [0.2, 0.25) is 0 Å². The van der Waals surface area contributed by atoms with E-state index in [2.05, 4.69) is 4.72 Å². The van der Waals surface area contributed by atoms with Gasteiger partial charge in [0.15, 0.2) is 0 Å². The highest BCUT2D eigenvalue weighted by molar-refractivity contribution is 7.92. The highest BCUT2D eigenvalue weighted by atomic mass is 32.2. The maximum absolute atomic E-state index is 12.0. The minimum absolute atomic E-state index is 0.0221. The molecule has 0 heterocycles. The number of methoxy groups -OCH3 is 1. The standard InChI is InChI=1S/C12H20N2O5S2/c1-10-5-6-12(19-2)11(9-10)14(21(4,17)18)8-7-13-20(3,15)16/h5-6,9,13H,7-8H2,1-4H3. The van der Waals surface area contributed by atoms with Crippen LogP contribution >= 0.6 is 0 Å². The van der Waals surface area contributed by atoms with Crippen LogP contribution in [0.3, 0.4) is 0 Å². The molecule has 120 valence electrons. The van der Waals surface area contributed by atoms with Crippen LogP contribution in [0.25, 0.3) is 0 Å². The van der Waals surface area contributed by atoms with Crippen LogP contribution in [0.4, 0.5) is 5.69 Å². The van der Waals surface area contributed by atoms with Gasteiger partial charge in [0, 0.05) is 13.1 Å². The van der Waals surface area contributed by atoms with Crippen LogP contribution in [0.15, 0.2) is 18.2 Å². The number of benzene rings is 1. The molecule has 0 spiro atoms. The van der Waals surface area contributed by atoms with E-state index in [-0.39, 0.29) is 13.1 Å². The summed E-state index contributed by atoms with van der Waals surface area (Å²) in [5.74, 6) is 0.408. The molecule has 0 fully saturated rings. The van der Waals surface area contributed by atoms with Crippen LogP contribution in [0, 0.1) is 6.92 Å². The van der Waals surface area contributed by atoms with Crippen molar-refractivity contribution in [2.75, 3.05) is 37.0 Å². The number of nitrogens with zero attached hydrogens (tertiary/aromatic N) is 1. The first-order chi connectivity index (χ1) is 9.54. The van der Waals surface area contributed by atoms with Crippen molar-refractivity contribution in [2.45, 2.75) is 6.92 Å². The van der Waals surface area contributed by atoms with Crippen molar-refractivity contribution >= 4 is 25.7 Å². The molecule has 9 heteroatoms. The van der Waals surface area contributed by atoms with Crippen LogP contribution in [0.5, 0.6) is 5.75 Å². The second kappa shape index (κ2) is 6.63. The fraction of sp³-hybridized carbons (Fsp3) is 0.500.